The van der Waals surface area contributed by atoms with Gasteiger partial charge in [-0.05, 0) is 19.1 Å². The summed E-state index contributed by atoms with van der Waals surface area (Å²) in [7, 11) is 0. The van der Waals surface area contributed by atoms with Gasteiger partial charge in [0, 0.05) is 25.7 Å². The molecule has 0 fully saturated rings. The highest BCUT2D eigenvalue weighted by Gasteiger charge is 2.11. The summed E-state index contributed by atoms with van der Waals surface area (Å²) in [5, 5.41) is 0. The lowest BCUT2D eigenvalue weighted by atomic mass is 10.1. The molecule has 4 heteroatoms. The van der Waals surface area contributed by atoms with Crippen molar-refractivity contribution >= 4 is 17.3 Å². The molecule has 0 spiro atoms. The fraction of sp³-hybridized carbons (Fsp3) is 0.417. The maximum absolute atomic E-state index is 11.4. The summed E-state index contributed by atoms with van der Waals surface area (Å²) >= 11 is 0. The van der Waals surface area contributed by atoms with Crippen LogP contribution in [0.15, 0.2) is 22.8 Å². The van der Waals surface area contributed by atoms with Crippen LogP contribution in [0.1, 0.15) is 43.2 Å². The minimum atomic E-state index is -0.179. The smallest absolute Gasteiger partial charge is 0.198 e. The minimum absolute atomic E-state index is 0.00860. The van der Waals surface area contributed by atoms with Crippen molar-refractivity contribution in [2.24, 2.45) is 0 Å². The molecule has 1 aromatic heterocycles. The monoisotopic (exact) mass is 222 g/mol. The zero-order valence-electron chi connectivity index (χ0n) is 9.19. The summed E-state index contributed by atoms with van der Waals surface area (Å²) in [6.07, 6.45) is 2.22. The Hall–Kier alpha value is -1.71. The first-order chi connectivity index (χ1) is 7.59. The van der Waals surface area contributed by atoms with E-state index in [0.29, 0.717) is 0 Å². The Morgan fingerprint density at radius 2 is 1.81 bits per heavy atom. The standard InChI is InChI=1S/C12H14O4/c1-9(13)4-5-10(14)6-7-11(15)12-3-2-8-16-12/h2-3,8H,4-7H2,1H3. The Bertz CT molecular complexity index is 376. The van der Waals surface area contributed by atoms with Crippen molar-refractivity contribution < 1.29 is 18.8 Å². The number of Topliss-reactive ketones (excluding diaryl/α,β-unsaturated/α-hetero) is 3. The van der Waals surface area contributed by atoms with E-state index in [0.717, 1.165) is 0 Å². The van der Waals surface area contributed by atoms with E-state index >= 15 is 0 Å². The van der Waals surface area contributed by atoms with E-state index in [1.165, 1.54) is 13.2 Å². The molecule has 0 saturated carbocycles. The van der Waals surface area contributed by atoms with Gasteiger partial charge in [-0.1, -0.05) is 0 Å². The maximum Gasteiger partial charge on any atom is 0.198 e. The van der Waals surface area contributed by atoms with Gasteiger partial charge in [0.2, 0.25) is 0 Å². The van der Waals surface area contributed by atoms with Crippen LogP contribution in [0.2, 0.25) is 0 Å². The van der Waals surface area contributed by atoms with E-state index in [1.807, 2.05) is 0 Å². The first-order valence-corrected chi connectivity index (χ1v) is 5.17. The Labute approximate surface area is 93.6 Å². The fourth-order valence-electron chi connectivity index (χ4n) is 1.25. The zero-order valence-corrected chi connectivity index (χ0v) is 9.19. The van der Waals surface area contributed by atoms with Crippen molar-refractivity contribution in [1.82, 2.24) is 0 Å². The summed E-state index contributed by atoms with van der Waals surface area (Å²) in [5.41, 5.74) is 0. The molecular formula is C12H14O4. The molecule has 0 saturated heterocycles. The molecule has 1 rings (SSSR count). The Kier molecular flexibility index (Phi) is 4.64. The van der Waals surface area contributed by atoms with Crippen LogP contribution < -0.4 is 0 Å². The molecule has 1 heterocycles. The van der Waals surface area contributed by atoms with Crippen molar-refractivity contribution in [3.05, 3.63) is 24.2 Å². The van der Waals surface area contributed by atoms with E-state index in [9.17, 15) is 14.4 Å². The Morgan fingerprint density at radius 1 is 1.12 bits per heavy atom. The summed E-state index contributed by atoms with van der Waals surface area (Å²) < 4.78 is 4.91. The molecule has 86 valence electrons. The zero-order chi connectivity index (χ0) is 12.0. The molecule has 0 amide bonds. The largest absolute Gasteiger partial charge is 0.461 e. The predicted octanol–water partition coefficient (Wildman–Crippen LogP) is 2.18. The molecule has 0 aliphatic heterocycles. The van der Waals surface area contributed by atoms with Crippen LogP contribution in [-0.4, -0.2) is 17.3 Å². The fourth-order valence-corrected chi connectivity index (χ4v) is 1.25. The molecule has 0 N–H and O–H groups in total. The van der Waals surface area contributed by atoms with Gasteiger partial charge in [0.15, 0.2) is 11.5 Å². The van der Waals surface area contributed by atoms with Crippen LogP contribution in [0.25, 0.3) is 0 Å². The number of rotatable bonds is 7. The van der Waals surface area contributed by atoms with Crippen LogP contribution in [0.3, 0.4) is 0 Å². The summed E-state index contributed by atoms with van der Waals surface area (Å²) in [4.78, 5) is 33.4. The highest BCUT2D eigenvalue weighted by atomic mass is 16.3. The molecule has 0 aromatic carbocycles. The van der Waals surface area contributed by atoms with Crippen LogP contribution >= 0.6 is 0 Å². The predicted molar refractivity (Wildman–Crippen MR) is 57.2 cm³/mol. The quantitative estimate of drug-likeness (QED) is 0.663. The molecule has 16 heavy (non-hydrogen) atoms. The van der Waals surface area contributed by atoms with Crippen molar-refractivity contribution in [2.45, 2.75) is 32.6 Å². The average molecular weight is 222 g/mol. The second-order valence-electron chi connectivity index (χ2n) is 3.64. The van der Waals surface area contributed by atoms with Gasteiger partial charge in [0.25, 0.3) is 0 Å². The molecule has 0 unspecified atom stereocenters. The normalized spacial score (nSPS) is 10.1. The number of carbonyl (C=O) groups is 3. The Morgan fingerprint density at radius 3 is 2.38 bits per heavy atom. The topological polar surface area (TPSA) is 64.3 Å². The third-order valence-electron chi connectivity index (χ3n) is 2.18. The van der Waals surface area contributed by atoms with Gasteiger partial charge < -0.3 is 9.21 Å². The van der Waals surface area contributed by atoms with Crippen LogP contribution in [0.5, 0.6) is 0 Å². The van der Waals surface area contributed by atoms with Gasteiger partial charge in [-0.2, -0.15) is 0 Å². The van der Waals surface area contributed by atoms with E-state index in [1.54, 1.807) is 12.1 Å². The van der Waals surface area contributed by atoms with Gasteiger partial charge in [0.05, 0.1) is 6.26 Å². The number of hydrogen-bond donors (Lipinski definition) is 0. The molecule has 1 aromatic rings. The van der Waals surface area contributed by atoms with Gasteiger partial charge in [-0.3, -0.25) is 9.59 Å². The highest BCUT2D eigenvalue weighted by molar-refractivity contribution is 5.96. The minimum Gasteiger partial charge on any atom is -0.461 e. The number of hydrogen-bond acceptors (Lipinski definition) is 4. The first-order valence-electron chi connectivity index (χ1n) is 5.17. The lowest BCUT2D eigenvalue weighted by molar-refractivity contribution is -0.123. The summed E-state index contributed by atoms with van der Waals surface area (Å²) in [5.74, 6) is 0.0290. The number of furan rings is 1. The molecule has 0 radical (unpaired) electrons. The first kappa shape index (κ1) is 12.4. The average Bonchev–Trinajstić information content (AvgIpc) is 2.76. The van der Waals surface area contributed by atoms with E-state index in [-0.39, 0.29) is 48.8 Å². The third kappa shape index (κ3) is 4.21. The van der Waals surface area contributed by atoms with E-state index < -0.39 is 0 Å². The molecule has 4 nitrogen and oxygen atoms in total. The molecule has 0 aliphatic rings. The van der Waals surface area contributed by atoms with Crippen molar-refractivity contribution in [1.29, 1.82) is 0 Å². The van der Waals surface area contributed by atoms with Crippen molar-refractivity contribution in [3.63, 3.8) is 0 Å². The second kappa shape index (κ2) is 6.00. The van der Waals surface area contributed by atoms with Crippen molar-refractivity contribution in [3.8, 4) is 0 Å². The molecule has 0 bridgehead atoms. The summed E-state index contributed by atoms with van der Waals surface area (Å²) in [6, 6.07) is 3.20. The lowest BCUT2D eigenvalue weighted by Crippen LogP contribution is -2.05. The van der Waals surface area contributed by atoms with E-state index in [4.69, 9.17) is 4.42 Å². The third-order valence-corrected chi connectivity index (χ3v) is 2.18. The van der Waals surface area contributed by atoms with Crippen LogP contribution in [-0.2, 0) is 9.59 Å². The number of carbonyl (C=O) groups excluding carboxylic acids is 3. The van der Waals surface area contributed by atoms with Crippen LogP contribution in [0.4, 0.5) is 0 Å². The van der Waals surface area contributed by atoms with Gasteiger partial charge in [0.1, 0.15) is 11.6 Å². The molecule has 0 aliphatic carbocycles. The number of ketones is 3. The lowest BCUT2D eigenvalue weighted by Gasteiger charge is -1.97. The maximum atomic E-state index is 11.4. The highest BCUT2D eigenvalue weighted by Crippen LogP contribution is 2.07. The van der Waals surface area contributed by atoms with Gasteiger partial charge in [-0.25, -0.2) is 0 Å². The van der Waals surface area contributed by atoms with Gasteiger partial charge in [-0.15, -0.1) is 0 Å². The van der Waals surface area contributed by atoms with E-state index in [2.05, 4.69) is 0 Å². The second-order valence-corrected chi connectivity index (χ2v) is 3.64. The molecule has 0 atom stereocenters. The SMILES string of the molecule is CC(=O)CCC(=O)CCC(=O)c1ccco1. The van der Waals surface area contributed by atoms with Gasteiger partial charge >= 0.3 is 0 Å². The van der Waals surface area contributed by atoms with Crippen LogP contribution in [0, 0.1) is 0 Å². The summed E-state index contributed by atoms with van der Waals surface area (Å²) in [6.45, 7) is 1.45. The Balaban J connectivity index is 2.27. The molecular weight excluding hydrogens is 208 g/mol. The van der Waals surface area contributed by atoms with Crippen molar-refractivity contribution in [2.75, 3.05) is 0 Å².